The lowest BCUT2D eigenvalue weighted by atomic mass is 10.2. The Kier molecular flexibility index (Phi) is 4.99. The standard InChI is InChI=1S/C17H26N2O2/c1-2-19(15-5-6-15)9-8-18-13-14-4-7-16-17(12-14)21-11-3-10-20-16/h4,7,12,15,18H,2-3,5-6,8-11,13H2,1H3. The molecule has 1 aliphatic heterocycles. The van der Waals surface area contributed by atoms with E-state index in [-0.39, 0.29) is 0 Å². The first-order chi connectivity index (χ1) is 10.4. The highest BCUT2D eigenvalue weighted by Gasteiger charge is 2.26. The Morgan fingerprint density at radius 3 is 2.76 bits per heavy atom. The molecule has 0 radical (unpaired) electrons. The van der Waals surface area contributed by atoms with Crippen LogP contribution in [0, 0.1) is 0 Å². The molecule has 0 aromatic heterocycles. The van der Waals surface area contributed by atoms with Crippen LogP contribution in [-0.2, 0) is 6.54 Å². The van der Waals surface area contributed by atoms with Gasteiger partial charge in [-0.25, -0.2) is 0 Å². The largest absolute Gasteiger partial charge is 0.490 e. The molecule has 0 unspecified atom stereocenters. The third-order valence-electron chi connectivity index (χ3n) is 4.19. The van der Waals surface area contributed by atoms with Crippen molar-refractivity contribution in [3.05, 3.63) is 23.8 Å². The molecule has 1 aliphatic carbocycles. The van der Waals surface area contributed by atoms with E-state index in [9.17, 15) is 0 Å². The van der Waals surface area contributed by atoms with Gasteiger partial charge in [0.1, 0.15) is 0 Å². The Hall–Kier alpha value is -1.26. The van der Waals surface area contributed by atoms with Gasteiger partial charge < -0.3 is 14.8 Å². The minimum atomic E-state index is 0.747. The monoisotopic (exact) mass is 290 g/mol. The van der Waals surface area contributed by atoms with Crippen LogP contribution >= 0.6 is 0 Å². The summed E-state index contributed by atoms with van der Waals surface area (Å²) in [4.78, 5) is 2.57. The van der Waals surface area contributed by atoms with E-state index in [1.165, 1.54) is 18.4 Å². The molecule has 4 nitrogen and oxygen atoms in total. The van der Waals surface area contributed by atoms with Crippen molar-refractivity contribution in [2.45, 2.75) is 38.8 Å². The van der Waals surface area contributed by atoms with Crippen molar-refractivity contribution in [2.24, 2.45) is 0 Å². The maximum atomic E-state index is 5.73. The highest BCUT2D eigenvalue weighted by Crippen LogP contribution is 2.30. The van der Waals surface area contributed by atoms with Gasteiger partial charge in [0.05, 0.1) is 13.2 Å². The molecule has 0 spiro atoms. The summed E-state index contributed by atoms with van der Waals surface area (Å²) in [6.07, 6.45) is 3.72. The molecule has 3 rings (SSSR count). The van der Waals surface area contributed by atoms with E-state index in [2.05, 4.69) is 29.3 Å². The second kappa shape index (κ2) is 7.14. The lowest BCUT2D eigenvalue weighted by molar-refractivity contribution is 0.277. The average molecular weight is 290 g/mol. The van der Waals surface area contributed by atoms with Crippen molar-refractivity contribution in [1.82, 2.24) is 10.2 Å². The Morgan fingerprint density at radius 2 is 2.00 bits per heavy atom. The van der Waals surface area contributed by atoms with Gasteiger partial charge in [0, 0.05) is 32.1 Å². The average Bonchev–Trinajstić information content (AvgIpc) is 3.33. The van der Waals surface area contributed by atoms with Crippen LogP contribution in [0.15, 0.2) is 18.2 Å². The molecule has 0 bridgehead atoms. The van der Waals surface area contributed by atoms with E-state index in [1.807, 2.05) is 6.07 Å². The maximum absolute atomic E-state index is 5.73. The van der Waals surface area contributed by atoms with Gasteiger partial charge in [-0.2, -0.15) is 0 Å². The minimum Gasteiger partial charge on any atom is -0.490 e. The molecule has 0 atom stereocenters. The predicted molar refractivity (Wildman–Crippen MR) is 84.0 cm³/mol. The zero-order valence-electron chi connectivity index (χ0n) is 12.9. The van der Waals surface area contributed by atoms with E-state index >= 15 is 0 Å². The van der Waals surface area contributed by atoms with Gasteiger partial charge in [-0.1, -0.05) is 13.0 Å². The highest BCUT2D eigenvalue weighted by molar-refractivity contribution is 5.43. The van der Waals surface area contributed by atoms with Gasteiger partial charge in [-0.3, -0.25) is 4.90 Å². The molecule has 21 heavy (non-hydrogen) atoms. The number of nitrogens with zero attached hydrogens (tertiary/aromatic N) is 1. The second-order valence-corrected chi connectivity index (χ2v) is 5.87. The van der Waals surface area contributed by atoms with E-state index in [4.69, 9.17) is 9.47 Å². The van der Waals surface area contributed by atoms with Crippen LogP contribution in [0.2, 0.25) is 0 Å². The first kappa shape index (κ1) is 14.7. The molecule has 1 aromatic carbocycles. The van der Waals surface area contributed by atoms with E-state index in [0.717, 1.165) is 63.4 Å². The second-order valence-electron chi connectivity index (χ2n) is 5.87. The molecule has 1 heterocycles. The summed E-state index contributed by atoms with van der Waals surface area (Å²) < 4.78 is 11.4. The number of hydrogen-bond donors (Lipinski definition) is 1. The Labute approximate surface area is 127 Å². The topological polar surface area (TPSA) is 33.7 Å². The highest BCUT2D eigenvalue weighted by atomic mass is 16.5. The maximum Gasteiger partial charge on any atom is 0.161 e. The van der Waals surface area contributed by atoms with E-state index < -0.39 is 0 Å². The Morgan fingerprint density at radius 1 is 1.19 bits per heavy atom. The fourth-order valence-corrected chi connectivity index (χ4v) is 2.81. The zero-order valence-corrected chi connectivity index (χ0v) is 12.9. The number of ether oxygens (including phenoxy) is 2. The van der Waals surface area contributed by atoms with Crippen LogP contribution in [0.3, 0.4) is 0 Å². The Balaban J connectivity index is 1.45. The molecule has 1 fully saturated rings. The van der Waals surface area contributed by atoms with Crippen molar-refractivity contribution >= 4 is 0 Å². The first-order valence-electron chi connectivity index (χ1n) is 8.20. The van der Waals surface area contributed by atoms with Crippen LogP contribution in [0.5, 0.6) is 11.5 Å². The van der Waals surface area contributed by atoms with Crippen LogP contribution in [0.25, 0.3) is 0 Å². The first-order valence-corrected chi connectivity index (χ1v) is 8.20. The van der Waals surface area contributed by atoms with Gasteiger partial charge in [-0.05, 0) is 37.1 Å². The molecule has 1 aromatic rings. The van der Waals surface area contributed by atoms with Crippen molar-refractivity contribution in [3.8, 4) is 11.5 Å². The van der Waals surface area contributed by atoms with Crippen LogP contribution < -0.4 is 14.8 Å². The van der Waals surface area contributed by atoms with Gasteiger partial charge in [0.25, 0.3) is 0 Å². The number of nitrogens with one attached hydrogen (secondary N) is 1. The van der Waals surface area contributed by atoms with Gasteiger partial charge in [-0.15, -0.1) is 0 Å². The molecule has 1 saturated carbocycles. The van der Waals surface area contributed by atoms with Gasteiger partial charge >= 0.3 is 0 Å². The van der Waals surface area contributed by atoms with Crippen molar-refractivity contribution < 1.29 is 9.47 Å². The lowest BCUT2D eigenvalue weighted by Crippen LogP contribution is -2.33. The van der Waals surface area contributed by atoms with Crippen molar-refractivity contribution in [3.63, 3.8) is 0 Å². The lowest BCUT2D eigenvalue weighted by Gasteiger charge is -2.19. The van der Waals surface area contributed by atoms with Gasteiger partial charge in [0.2, 0.25) is 0 Å². The van der Waals surface area contributed by atoms with Crippen LogP contribution in [-0.4, -0.2) is 43.8 Å². The van der Waals surface area contributed by atoms with Gasteiger partial charge in [0.15, 0.2) is 11.5 Å². The molecular formula is C17H26N2O2. The number of fused-ring (bicyclic) bond motifs is 1. The molecule has 116 valence electrons. The number of rotatable bonds is 7. The number of likely N-dealkylation sites (N-methyl/N-ethyl adjacent to an activating group) is 1. The molecule has 0 amide bonds. The van der Waals surface area contributed by atoms with Crippen molar-refractivity contribution in [1.29, 1.82) is 0 Å². The van der Waals surface area contributed by atoms with Crippen molar-refractivity contribution in [2.75, 3.05) is 32.8 Å². The third kappa shape index (κ3) is 4.11. The summed E-state index contributed by atoms with van der Waals surface area (Å²) in [5.41, 5.74) is 1.26. The Bertz CT molecular complexity index is 460. The fourth-order valence-electron chi connectivity index (χ4n) is 2.81. The normalized spacial score (nSPS) is 17.8. The SMILES string of the molecule is CCN(CCNCc1ccc2c(c1)OCCCO2)C1CC1. The smallest absolute Gasteiger partial charge is 0.161 e. The third-order valence-corrected chi connectivity index (χ3v) is 4.19. The van der Waals surface area contributed by atoms with Crippen LogP contribution in [0.4, 0.5) is 0 Å². The van der Waals surface area contributed by atoms with Crippen LogP contribution in [0.1, 0.15) is 31.7 Å². The number of hydrogen-bond acceptors (Lipinski definition) is 4. The minimum absolute atomic E-state index is 0.747. The summed E-state index contributed by atoms with van der Waals surface area (Å²) in [6.45, 7) is 7.98. The predicted octanol–water partition coefficient (Wildman–Crippen LogP) is 2.42. The fraction of sp³-hybridized carbons (Fsp3) is 0.647. The summed E-state index contributed by atoms with van der Waals surface area (Å²) in [7, 11) is 0. The quantitative estimate of drug-likeness (QED) is 0.782. The molecule has 1 N–H and O–H groups in total. The molecule has 0 saturated heterocycles. The van der Waals surface area contributed by atoms with E-state index in [0.29, 0.717) is 0 Å². The molecule has 2 aliphatic rings. The summed E-state index contributed by atoms with van der Waals surface area (Å²) in [6, 6.07) is 7.11. The molecular weight excluding hydrogens is 264 g/mol. The zero-order chi connectivity index (χ0) is 14.5. The van der Waals surface area contributed by atoms with E-state index in [1.54, 1.807) is 0 Å². The summed E-state index contributed by atoms with van der Waals surface area (Å²) in [5.74, 6) is 1.77. The molecule has 4 heteroatoms. The summed E-state index contributed by atoms with van der Waals surface area (Å²) in [5, 5.41) is 3.53. The summed E-state index contributed by atoms with van der Waals surface area (Å²) >= 11 is 0. The number of benzene rings is 1.